The van der Waals surface area contributed by atoms with E-state index in [1.807, 2.05) is 0 Å². The Hall–Kier alpha value is -2.47. The van der Waals surface area contributed by atoms with Gasteiger partial charge in [-0.05, 0) is 23.8 Å². The van der Waals surface area contributed by atoms with Crippen molar-refractivity contribution in [3.8, 4) is 0 Å². The predicted molar refractivity (Wildman–Crippen MR) is 87.6 cm³/mol. The predicted octanol–water partition coefficient (Wildman–Crippen LogP) is 3.82. The lowest BCUT2D eigenvalue weighted by Gasteiger charge is -2.19. The minimum Gasteiger partial charge on any atom is -0.349 e. The Labute approximate surface area is 142 Å². The van der Waals surface area contributed by atoms with Crippen LogP contribution in [-0.2, 0) is 9.59 Å². The maximum Gasteiger partial charge on any atom is 0.226 e. The van der Waals surface area contributed by atoms with Crippen molar-refractivity contribution in [2.45, 2.75) is 19.4 Å². The molecule has 0 saturated carbocycles. The van der Waals surface area contributed by atoms with Crippen molar-refractivity contribution in [1.82, 2.24) is 5.32 Å². The Kier molecular flexibility index (Phi) is 5.87. The van der Waals surface area contributed by atoms with E-state index < -0.39 is 23.6 Å². The maximum absolute atomic E-state index is 13.2. The van der Waals surface area contributed by atoms with Gasteiger partial charge < -0.3 is 10.6 Å². The van der Waals surface area contributed by atoms with Crippen molar-refractivity contribution in [2.24, 2.45) is 0 Å². The highest BCUT2D eigenvalue weighted by atomic mass is 35.5. The van der Waals surface area contributed by atoms with Gasteiger partial charge in [-0.1, -0.05) is 29.8 Å². The first-order valence-electron chi connectivity index (χ1n) is 7.13. The molecule has 1 atom stereocenters. The highest BCUT2D eigenvalue weighted by Gasteiger charge is 2.19. The second-order valence-corrected chi connectivity index (χ2v) is 5.56. The molecule has 0 spiro atoms. The Bertz CT molecular complexity index is 768. The van der Waals surface area contributed by atoms with Crippen LogP contribution in [0, 0.1) is 11.6 Å². The molecule has 0 aliphatic heterocycles. The fourth-order valence-corrected chi connectivity index (χ4v) is 2.48. The number of rotatable bonds is 5. The molecule has 2 amide bonds. The molecule has 0 radical (unpaired) electrons. The van der Waals surface area contributed by atoms with Crippen molar-refractivity contribution >= 4 is 29.1 Å². The monoisotopic (exact) mass is 352 g/mol. The quantitative estimate of drug-likeness (QED) is 0.859. The van der Waals surface area contributed by atoms with Crippen LogP contribution in [0.3, 0.4) is 0 Å². The largest absolute Gasteiger partial charge is 0.349 e. The van der Waals surface area contributed by atoms with E-state index in [0.717, 1.165) is 12.1 Å². The van der Waals surface area contributed by atoms with Crippen LogP contribution in [0.2, 0.25) is 5.02 Å². The van der Waals surface area contributed by atoms with Gasteiger partial charge in [0.25, 0.3) is 0 Å². The second kappa shape index (κ2) is 7.88. The summed E-state index contributed by atoms with van der Waals surface area (Å²) in [4.78, 5) is 23.5. The van der Waals surface area contributed by atoms with E-state index >= 15 is 0 Å². The van der Waals surface area contributed by atoms with Crippen LogP contribution in [0.15, 0.2) is 42.5 Å². The van der Waals surface area contributed by atoms with Gasteiger partial charge in [0.2, 0.25) is 11.8 Å². The van der Waals surface area contributed by atoms with E-state index in [-0.39, 0.29) is 18.0 Å². The highest BCUT2D eigenvalue weighted by Crippen LogP contribution is 2.25. The average Bonchev–Trinajstić information content (AvgIpc) is 2.50. The molecule has 7 heteroatoms. The smallest absolute Gasteiger partial charge is 0.226 e. The third kappa shape index (κ3) is 4.76. The Morgan fingerprint density at radius 3 is 2.46 bits per heavy atom. The average molecular weight is 353 g/mol. The van der Waals surface area contributed by atoms with Gasteiger partial charge in [0.1, 0.15) is 0 Å². The van der Waals surface area contributed by atoms with Gasteiger partial charge in [0.05, 0.1) is 12.5 Å². The fourth-order valence-electron chi connectivity index (χ4n) is 2.21. The van der Waals surface area contributed by atoms with Crippen molar-refractivity contribution in [2.75, 3.05) is 5.32 Å². The van der Waals surface area contributed by atoms with E-state index in [1.54, 1.807) is 24.3 Å². The van der Waals surface area contributed by atoms with Crippen LogP contribution in [0.4, 0.5) is 14.5 Å². The number of amides is 2. The minimum absolute atomic E-state index is 0.109. The third-order valence-corrected chi connectivity index (χ3v) is 3.60. The molecular formula is C17H15ClF2N2O2. The summed E-state index contributed by atoms with van der Waals surface area (Å²) in [6.07, 6.45) is -0.109. The van der Waals surface area contributed by atoms with Gasteiger partial charge in [-0.15, -0.1) is 0 Å². The molecule has 0 unspecified atom stereocenters. The molecule has 0 saturated heterocycles. The van der Waals surface area contributed by atoms with Crippen molar-refractivity contribution < 1.29 is 18.4 Å². The number of carbonyl (C=O) groups excluding carboxylic acids is 2. The van der Waals surface area contributed by atoms with Gasteiger partial charge in [0.15, 0.2) is 11.6 Å². The summed E-state index contributed by atoms with van der Waals surface area (Å²) in [6, 6.07) is 9.25. The standard InChI is InChI=1S/C17H15ClF2N2O2/c1-10(23)21-16(12-4-2-3-5-13(12)18)9-17(24)22-11-6-7-14(19)15(20)8-11/h2-8,16H,9H2,1H3,(H,21,23)(H,22,24)/t16-/m1/s1. The van der Waals surface area contributed by atoms with Crippen LogP contribution < -0.4 is 10.6 Å². The summed E-state index contributed by atoms with van der Waals surface area (Å²) in [5, 5.41) is 5.53. The molecule has 0 aliphatic carbocycles. The molecule has 0 aromatic heterocycles. The zero-order chi connectivity index (χ0) is 17.7. The topological polar surface area (TPSA) is 58.2 Å². The zero-order valence-electron chi connectivity index (χ0n) is 12.8. The molecule has 2 rings (SSSR count). The number of hydrogen-bond acceptors (Lipinski definition) is 2. The van der Waals surface area contributed by atoms with Gasteiger partial charge in [-0.25, -0.2) is 8.78 Å². The summed E-state index contributed by atoms with van der Waals surface area (Å²) in [5.74, 6) is -2.85. The molecule has 2 N–H and O–H groups in total. The van der Waals surface area contributed by atoms with Crippen molar-refractivity contribution in [3.05, 3.63) is 64.7 Å². The Balaban J connectivity index is 2.14. The molecule has 2 aromatic rings. The molecule has 24 heavy (non-hydrogen) atoms. The van der Waals surface area contributed by atoms with Crippen molar-refractivity contribution in [3.63, 3.8) is 0 Å². The van der Waals surface area contributed by atoms with E-state index in [4.69, 9.17) is 11.6 Å². The van der Waals surface area contributed by atoms with E-state index in [2.05, 4.69) is 10.6 Å². The van der Waals surface area contributed by atoms with Crippen LogP contribution in [-0.4, -0.2) is 11.8 Å². The summed E-state index contributed by atoms with van der Waals surface area (Å²) in [7, 11) is 0. The van der Waals surface area contributed by atoms with E-state index in [9.17, 15) is 18.4 Å². The molecule has 2 aromatic carbocycles. The number of benzene rings is 2. The minimum atomic E-state index is -1.06. The number of nitrogens with one attached hydrogen (secondary N) is 2. The molecular weight excluding hydrogens is 338 g/mol. The third-order valence-electron chi connectivity index (χ3n) is 3.25. The van der Waals surface area contributed by atoms with E-state index in [0.29, 0.717) is 10.6 Å². The van der Waals surface area contributed by atoms with Crippen LogP contribution in [0.5, 0.6) is 0 Å². The molecule has 0 aliphatic rings. The second-order valence-electron chi connectivity index (χ2n) is 5.16. The maximum atomic E-state index is 13.2. The first kappa shape index (κ1) is 17.9. The molecule has 4 nitrogen and oxygen atoms in total. The molecule has 0 bridgehead atoms. The molecule has 126 valence electrons. The summed E-state index contributed by atoms with van der Waals surface area (Å²) >= 11 is 6.11. The van der Waals surface area contributed by atoms with Gasteiger partial charge in [-0.3, -0.25) is 9.59 Å². The lowest BCUT2D eigenvalue weighted by molar-refractivity contribution is -0.120. The molecule has 0 fully saturated rings. The summed E-state index contributed by atoms with van der Waals surface area (Å²) in [6.45, 7) is 1.33. The fraction of sp³-hybridized carbons (Fsp3) is 0.176. The lowest BCUT2D eigenvalue weighted by Crippen LogP contribution is -2.30. The summed E-state index contributed by atoms with van der Waals surface area (Å²) < 4.78 is 26.1. The number of anilines is 1. The number of hydrogen-bond donors (Lipinski definition) is 2. The summed E-state index contributed by atoms with van der Waals surface area (Å²) in [5.41, 5.74) is 0.717. The number of carbonyl (C=O) groups is 2. The first-order valence-corrected chi connectivity index (χ1v) is 7.51. The lowest BCUT2D eigenvalue weighted by atomic mass is 10.0. The normalized spacial score (nSPS) is 11.7. The van der Waals surface area contributed by atoms with Gasteiger partial charge in [0, 0.05) is 23.7 Å². The van der Waals surface area contributed by atoms with Crippen LogP contribution in [0.1, 0.15) is 24.9 Å². The van der Waals surface area contributed by atoms with Crippen LogP contribution in [0.25, 0.3) is 0 Å². The van der Waals surface area contributed by atoms with Crippen LogP contribution >= 0.6 is 11.6 Å². The zero-order valence-corrected chi connectivity index (χ0v) is 13.5. The van der Waals surface area contributed by atoms with E-state index in [1.165, 1.54) is 13.0 Å². The van der Waals surface area contributed by atoms with Crippen molar-refractivity contribution in [1.29, 1.82) is 0 Å². The van der Waals surface area contributed by atoms with Gasteiger partial charge >= 0.3 is 0 Å². The number of halogens is 3. The SMILES string of the molecule is CC(=O)N[C@H](CC(=O)Nc1ccc(F)c(F)c1)c1ccccc1Cl. The molecule has 0 heterocycles. The van der Waals surface area contributed by atoms with Gasteiger partial charge in [-0.2, -0.15) is 0 Å². The highest BCUT2D eigenvalue weighted by molar-refractivity contribution is 6.31. The first-order chi connectivity index (χ1) is 11.4. The Morgan fingerprint density at radius 1 is 1.12 bits per heavy atom. The Morgan fingerprint density at radius 2 is 1.83 bits per heavy atom.